The molecule has 0 spiro atoms. The largest absolute Gasteiger partial charge is 0.462 e. The monoisotopic (exact) mass is 409 g/mol. The van der Waals surface area contributed by atoms with E-state index < -0.39 is 5.97 Å². The van der Waals surface area contributed by atoms with E-state index in [1.807, 2.05) is 35.2 Å². The van der Waals surface area contributed by atoms with Crippen LogP contribution in [0.1, 0.15) is 17.3 Å². The molecule has 2 aromatic heterocycles. The first-order valence-electron chi connectivity index (χ1n) is 9.84. The Balaban J connectivity index is 1.43. The highest BCUT2D eigenvalue weighted by atomic mass is 16.5. The minimum absolute atomic E-state index is 0.114. The summed E-state index contributed by atoms with van der Waals surface area (Å²) in [6.07, 6.45) is 6.28. The molecule has 1 aromatic carbocycles. The van der Waals surface area contributed by atoms with E-state index in [0.29, 0.717) is 44.4 Å². The average molecular weight is 409 g/mol. The molecule has 1 aliphatic heterocycles. The van der Waals surface area contributed by atoms with Gasteiger partial charge in [0.2, 0.25) is 5.95 Å². The molecule has 0 radical (unpaired) electrons. The van der Waals surface area contributed by atoms with Crippen LogP contribution in [0.4, 0.5) is 5.95 Å². The molecule has 0 bridgehead atoms. The molecular formula is C21H23N5O4. The summed E-state index contributed by atoms with van der Waals surface area (Å²) < 4.78 is 14.1. The van der Waals surface area contributed by atoms with E-state index in [1.54, 1.807) is 28.5 Å². The number of esters is 1. The molecule has 1 unspecified atom stereocenters. The molecule has 1 fully saturated rings. The standard InChI is InChI=1S/C21H23N5O4/c1-2-29-19(27)16-12-22-20(23-13-16)24-10-11-30-18(14-24)15-25-8-9-26(21(25)28)17-6-4-3-5-7-17/h3-9,12-13,18H,2,10-11,14-15H2,1H3. The summed E-state index contributed by atoms with van der Waals surface area (Å²) in [5.74, 6) is 0.0803. The molecule has 3 aromatic rings. The zero-order valence-electron chi connectivity index (χ0n) is 16.7. The van der Waals surface area contributed by atoms with Crippen LogP contribution in [0.5, 0.6) is 0 Å². The number of benzene rings is 1. The van der Waals surface area contributed by atoms with E-state index in [0.717, 1.165) is 5.69 Å². The van der Waals surface area contributed by atoms with Gasteiger partial charge in [0.25, 0.3) is 0 Å². The lowest BCUT2D eigenvalue weighted by Crippen LogP contribution is -2.46. The van der Waals surface area contributed by atoms with E-state index in [4.69, 9.17) is 9.47 Å². The van der Waals surface area contributed by atoms with E-state index in [2.05, 4.69) is 9.97 Å². The first-order valence-corrected chi connectivity index (χ1v) is 9.84. The SMILES string of the molecule is CCOC(=O)c1cnc(N2CCOC(Cn3ccn(-c4ccccc4)c3=O)C2)nc1. The number of hydrogen-bond acceptors (Lipinski definition) is 7. The van der Waals surface area contributed by atoms with E-state index in [1.165, 1.54) is 12.4 Å². The molecule has 0 saturated carbocycles. The molecule has 9 nitrogen and oxygen atoms in total. The highest BCUT2D eigenvalue weighted by molar-refractivity contribution is 5.88. The predicted molar refractivity (Wildman–Crippen MR) is 110 cm³/mol. The lowest BCUT2D eigenvalue weighted by molar-refractivity contribution is 0.0284. The van der Waals surface area contributed by atoms with E-state index in [9.17, 15) is 9.59 Å². The van der Waals surface area contributed by atoms with Gasteiger partial charge in [0, 0.05) is 37.9 Å². The Bertz CT molecular complexity index is 1050. The number of rotatable bonds is 6. The molecule has 1 saturated heterocycles. The van der Waals surface area contributed by atoms with E-state index >= 15 is 0 Å². The van der Waals surface area contributed by atoms with Crippen LogP contribution in [-0.2, 0) is 16.0 Å². The van der Waals surface area contributed by atoms with Crippen molar-refractivity contribution in [3.8, 4) is 5.69 Å². The maximum atomic E-state index is 12.7. The molecule has 9 heteroatoms. The van der Waals surface area contributed by atoms with Crippen LogP contribution in [0, 0.1) is 0 Å². The topological polar surface area (TPSA) is 91.5 Å². The summed E-state index contributed by atoms with van der Waals surface area (Å²) in [7, 11) is 0. The van der Waals surface area contributed by atoms with Gasteiger partial charge in [-0.15, -0.1) is 0 Å². The molecule has 0 aliphatic carbocycles. The van der Waals surface area contributed by atoms with Gasteiger partial charge in [0.15, 0.2) is 0 Å². The third-order valence-corrected chi connectivity index (χ3v) is 4.85. The van der Waals surface area contributed by atoms with Crippen LogP contribution in [0.3, 0.4) is 0 Å². The maximum absolute atomic E-state index is 12.7. The van der Waals surface area contributed by atoms with Gasteiger partial charge < -0.3 is 14.4 Å². The fourth-order valence-corrected chi connectivity index (χ4v) is 3.37. The average Bonchev–Trinajstić information content (AvgIpc) is 3.15. The zero-order chi connectivity index (χ0) is 20.9. The first kappa shape index (κ1) is 19.8. The van der Waals surface area contributed by atoms with Crippen molar-refractivity contribution in [3.05, 3.63) is 71.2 Å². The summed E-state index contributed by atoms with van der Waals surface area (Å²) in [5.41, 5.74) is 1.03. The number of imidazole rings is 1. The maximum Gasteiger partial charge on any atom is 0.341 e. The Morgan fingerprint density at radius 1 is 1.20 bits per heavy atom. The third-order valence-electron chi connectivity index (χ3n) is 4.85. The van der Waals surface area contributed by atoms with Crippen molar-refractivity contribution >= 4 is 11.9 Å². The second-order valence-corrected chi connectivity index (χ2v) is 6.87. The van der Waals surface area contributed by atoms with Crippen LogP contribution in [0.25, 0.3) is 5.69 Å². The van der Waals surface area contributed by atoms with Crippen molar-refractivity contribution in [1.29, 1.82) is 0 Å². The molecule has 0 amide bonds. The molecule has 4 rings (SSSR count). The van der Waals surface area contributed by atoms with Gasteiger partial charge in [-0.05, 0) is 19.1 Å². The molecule has 30 heavy (non-hydrogen) atoms. The number of ether oxygens (including phenoxy) is 2. The molecule has 1 atom stereocenters. The van der Waals surface area contributed by atoms with Crippen LogP contribution >= 0.6 is 0 Å². The van der Waals surface area contributed by atoms with Gasteiger partial charge in [0.05, 0.1) is 37.1 Å². The zero-order valence-corrected chi connectivity index (χ0v) is 16.7. The van der Waals surface area contributed by atoms with Crippen LogP contribution in [0.15, 0.2) is 59.9 Å². The lowest BCUT2D eigenvalue weighted by atomic mass is 10.2. The Kier molecular flexibility index (Phi) is 5.89. The van der Waals surface area contributed by atoms with Crippen molar-refractivity contribution in [2.24, 2.45) is 0 Å². The summed E-state index contributed by atoms with van der Waals surface area (Å²) >= 11 is 0. The smallest absolute Gasteiger partial charge is 0.341 e. The van der Waals surface area contributed by atoms with Crippen LogP contribution in [0.2, 0.25) is 0 Å². The van der Waals surface area contributed by atoms with Gasteiger partial charge >= 0.3 is 11.7 Å². The highest BCUT2D eigenvalue weighted by Gasteiger charge is 2.24. The number of carbonyl (C=O) groups is 1. The van der Waals surface area contributed by atoms with Crippen molar-refractivity contribution in [3.63, 3.8) is 0 Å². The number of anilines is 1. The highest BCUT2D eigenvalue weighted by Crippen LogP contribution is 2.14. The fraction of sp³-hybridized carbons (Fsp3) is 0.333. The van der Waals surface area contributed by atoms with Gasteiger partial charge in [-0.25, -0.2) is 19.6 Å². The summed E-state index contributed by atoms with van der Waals surface area (Å²) in [4.78, 5) is 35.1. The van der Waals surface area contributed by atoms with Crippen molar-refractivity contribution < 1.29 is 14.3 Å². The summed E-state index contributed by atoms with van der Waals surface area (Å²) in [6, 6.07) is 9.49. The predicted octanol–water partition coefficient (Wildman–Crippen LogP) is 1.51. The van der Waals surface area contributed by atoms with Crippen LogP contribution < -0.4 is 10.6 Å². The number of aromatic nitrogens is 4. The third kappa shape index (κ3) is 4.25. The first-order chi connectivity index (χ1) is 14.7. The van der Waals surface area contributed by atoms with Crippen LogP contribution in [-0.4, -0.2) is 57.5 Å². The van der Waals surface area contributed by atoms with E-state index in [-0.39, 0.29) is 11.8 Å². The summed E-state index contributed by atoms with van der Waals surface area (Å²) in [5, 5.41) is 0. The Morgan fingerprint density at radius 3 is 2.70 bits per heavy atom. The summed E-state index contributed by atoms with van der Waals surface area (Å²) in [6.45, 7) is 4.16. The quantitative estimate of drug-likeness (QED) is 0.570. The Labute approximate surface area is 173 Å². The molecule has 3 heterocycles. The number of carbonyl (C=O) groups excluding carboxylic acids is 1. The number of hydrogen-bond donors (Lipinski definition) is 0. The number of nitrogens with zero attached hydrogens (tertiary/aromatic N) is 5. The van der Waals surface area contributed by atoms with Gasteiger partial charge in [0.1, 0.15) is 0 Å². The lowest BCUT2D eigenvalue weighted by Gasteiger charge is -2.32. The second-order valence-electron chi connectivity index (χ2n) is 6.87. The Hall–Kier alpha value is -3.46. The number of para-hydroxylation sites is 1. The Morgan fingerprint density at radius 2 is 1.97 bits per heavy atom. The number of morpholine rings is 1. The minimum Gasteiger partial charge on any atom is -0.462 e. The molecule has 0 N–H and O–H groups in total. The fourth-order valence-electron chi connectivity index (χ4n) is 3.37. The van der Waals surface area contributed by atoms with Gasteiger partial charge in [-0.3, -0.25) is 9.13 Å². The van der Waals surface area contributed by atoms with Gasteiger partial charge in [-0.1, -0.05) is 18.2 Å². The molecular weight excluding hydrogens is 386 g/mol. The van der Waals surface area contributed by atoms with Crippen molar-refractivity contribution in [2.45, 2.75) is 19.6 Å². The second kappa shape index (κ2) is 8.91. The minimum atomic E-state index is -0.439. The molecule has 1 aliphatic rings. The van der Waals surface area contributed by atoms with Crippen molar-refractivity contribution in [2.75, 3.05) is 31.2 Å². The van der Waals surface area contributed by atoms with Crippen molar-refractivity contribution in [1.82, 2.24) is 19.1 Å². The normalized spacial score (nSPS) is 16.4. The molecule has 156 valence electrons. The van der Waals surface area contributed by atoms with Gasteiger partial charge in [-0.2, -0.15) is 0 Å².